The van der Waals surface area contributed by atoms with Crippen molar-refractivity contribution in [2.24, 2.45) is 0 Å². The van der Waals surface area contributed by atoms with Gasteiger partial charge >= 0.3 is 5.97 Å². The average molecular weight is 319 g/mol. The number of carbonyl (C=O) groups excluding carboxylic acids is 1. The number of benzene rings is 1. The van der Waals surface area contributed by atoms with Crippen molar-refractivity contribution < 1.29 is 19.0 Å². The molecule has 2 heterocycles. The number of methoxy groups -OCH3 is 1. The molecule has 1 saturated heterocycles. The second-order valence-corrected chi connectivity index (χ2v) is 5.87. The van der Waals surface area contributed by atoms with Gasteiger partial charge in [0.1, 0.15) is 4.88 Å². The van der Waals surface area contributed by atoms with E-state index in [4.69, 9.17) is 14.2 Å². The van der Waals surface area contributed by atoms with E-state index >= 15 is 0 Å². The quantitative estimate of drug-likeness (QED) is 0.859. The van der Waals surface area contributed by atoms with E-state index in [1.165, 1.54) is 18.4 Å². The van der Waals surface area contributed by atoms with Gasteiger partial charge in [-0.15, -0.1) is 11.3 Å². The molecule has 0 saturated carbocycles. The summed E-state index contributed by atoms with van der Waals surface area (Å²) in [5.74, 6) is -0.305. The summed E-state index contributed by atoms with van der Waals surface area (Å²) in [7, 11) is 1.39. The third-order valence-corrected chi connectivity index (χ3v) is 4.42. The number of thiophene rings is 1. The van der Waals surface area contributed by atoms with Crippen LogP contribution in [0.5, 0.6) is 0 Å². The monoisotopic (exact) mass is 319 g/mol. The van der Waals surface area contributed by atoms with Crippen LogP contribution in [0.4, 0.5) is 5.69 Å². The smallest absolute Gasteiger partial charge is 0.348 e. The second-order valence-electron chi connectivity index (χ2n) is 4.79. The topological polar surface area (TPSA) is 56.8 Å². The molecule has 0 amide bonds. The molecule has 2 aromatic rings. The molecule has 0 atom stereocenters. The summed E-state index contributed by atoms with van der Waals surface area (Å²) in [6.07, 6.45) is -0.184. The highest BCUT2D eigenvalue weighted by Crippen LogP contribution is 2.30. The number of hydrogen-bond donors (Lipinski definition) is 1. The van der Waals surface area contributed by atoms with E-state index in [-0.39, 0.29) is 12.3 Å². The number of hydrogen-bond acceptors (Lipinski definition) is 6. The first-order chi connectivity index (χ1) is 10.8. The lowest BCUT2D eigenvalue weighted by molar-refractivity contribution is -0.0299. The Morgan fingerprint density at radius 2 is 2.14 bits per heavy atom. The lowest BCUT2D eigenvalue weighted by atomic mass is 10.1. The number of rotatable bonds is 5. The molecule has 1 aliphatic heterocycles. The van der Waals surface area contributed by atoms with Crippen molar-refractivity contribution in [2.75, 3.05) is 32.2 Å². The zero-order valence-corrected chi connectivity index (χ0v) is 13.0. The fourth-order valence-electron chi connectivity index (χ4n) is 2.21. The molecule has 1 aliphatic rings. The molecule has 3 rings (SSSR count). The van der Waals surface area contributed by atoms with Crippen LogP contribution in [0.3, 0.4) is 0 Å². The molecule has 0 aliphatic carbocycles. The molecule has 0 spiro atoms. The molecule has 1 N–H and O–H groups in total. The molecular formula is C16H17NO4S. The van der Waals surface area contributed by atoms with Gasteiger partial charge in [0.15, 0.2) is 6.29 Å². The average Bonchev–Trinajstić information content (AvgIpc) is 3.24. The van der Waals surface area contributed by atoms with Gasteiger partial charge in [-0.1, -0.05) is 12.1 Å². The van der Waals surface area contributed by atoms with Crippen molar-refractivity contribution in [1.29, 1.82) is 0 Å². The summed E-state index contributed by atoms with van der Waals surface area (Å²) in [6.45, 7) is 1.91. The Labute approximate surface area is 132 Å². The Balaban J connectivity index is 1.70. The summed E-state index contributed by atoms with van der Waals surface area (Å²) < 4.78 is 15.5. The molecule has 1 fully saturated rings. The van der Waals surface area contributed by atoms with Crippen LogP contribution < -0.4 is 5.32 Å². The Kier molecular flexibility index (Phi) is 4.72. The van der Waals surface area contributed by atoms with Gasteiger partial charge in [0.25, 0.3) is 0 Å². The van der Waals surface area contributed by atoms with Crippen LogP contribution >= 0.6 is 11.3 Å². The molecule has 5 nitrogen and oxygen atoms in total. The van der Waals surface area contributed by atoms with Crippen molar-refractivity contribution in [3.8, 4) is 10.4 Å². The first-order valence-corrected chi connectivity index (χ1v) is 7.83. The molecule has 1 aromatic carbocycles. The van der Waals surface area contributed by atoms with E-state index in [0.29, 0.717) is 24.6 Å². The SMILES string of the molecule is COC(=O)c1ccc(-c2cccc(NCC3OCCO3)c2)s1. The zero-order chi connectivity index (χ0) is 15.4. The third-order valence-electron chi connectivity index (χ3n) is 3.30. The van der Waals surface area contributed by atoms with E-state index in [1.54, 1.807) is 6.07 Å². The van der Waals surface area contributed by atoms with E-state index in [0.717, 1.165) is 16.1 Å². The molecule has 0 radical (unpaired) electrons. The number of anilines is 1. The fraction of sp³-hybridized carbons (Fsp3) is 0.312. The Hall–Kier alpha value is -1.89. The van der Waals surface area contributed by atoms with Crippen LogP contribution in [0.25, 0.3) is 10.4 Å². The van der Waals surface area contributed by atoms with E-state index in [1.807, 2.05) is 30.3 Å². The largest absolute Gasteiger partial charge is 0.465 e. The highest BCUT2D eigenvalue weighted by Gasteiger charge is 2.15. The second kappa shape index (κ2) is 6.91. The van der Waals surface area contributed by atoms with Gasteiger partial charge in [0, 0.05) is 10.6 Å². The maximum Gasteiger partial charge on any atom is 0.348 e. The predicted molar refractivity (Wildman–Crippen MR) is 85.3 cm³/mol. The summed E-state index contributed by atoms with van der Waals surface area (Å²) >= 11 is 1.42. The number of esters is 1. The zero-order valence-electron chi connectivity index (χ0n) is 12.2. The number of ether oxygens (including phenoxy) is 3. The van der Waals surface area contributed by atoms with Gasteiger partial charge in [0.05, 0.1) is 26.9 Å². The summed E-state index contributed by atoms with van der Waals surface area (Å²) in [6, 6.07) is 11.7. The van der Waals surface area contributed by atoms with Gasteiger partial charge in [-0.25, -0.2) is 4.79 Å². The summed E-state index contributed by atoms with van der Waals surface area (Å²) in [4.78, 5) is 13.1. The first-order valence-electron chi connectivity index (χ1n) is 7.02. The van der Waals surface area contributed by atoms with Crippen LogP contribution in [-0.4, -0.2) is 39.1 Å². The van der Waals surface area contributed by atoms with E-state index < -0.39 is 0 Å². The van der Waals surface area contributed by atoms with Gasteiger partial charge in [-0.3, -0.25) is 0 Å². The maximum atomic E-state index is 11.5. The third kappa shape index (κ3) is 3.47. The predicted octanol–water partition coefficient (Wildman–Crippen LogP) is 2.99. The van der Waals surface area contributed by atoms with Crippen molar-refractivity contribution in [3.63, 3.8) is 0 Å². The summed E-state index contributed by atoms with van der Waals surface area (Å²) in [5, 5.41) is 3.30. The highest BCUT2D eigenvalue weighted by molar-refractivity contribution is 7.17. The molecule has 0 unspecified atom stereocenters. The van der Waals surface area contributed by atoms with Crippen molar-refractivity contribution in [3.05, 3.63) is 41.3 Å². The minimum Gasteiger partial charge on any atom is -0.465 e. The van der Waals surface area contributed by atoms with Crippen LogP contribution in [0.2, 0.25) is 0 Å². The normalized spacial score (nSPS) is 15.0. The number of carbonyl (C=O) groups is 1. The Bertz CT molecular complexity index is 649. The molecule has 1 aromatic heterocycles. The lowest BCUT2D eigenvalue weighted by Gasteiger charge is -2.12. The highest BCUT2D eigenvalue weighted by atomic mass is 32.1. The summed E-state index contributed by atoms with van der Waals surface area (Å²) in [5.41, 5.74) is 2.04. The van der Waals surface area contributed by atoms with E-state index in [2.05, 4.69) is 5.32 Å². The standard InChI is InChI=1S/C16H17NO4S/c1-19-16(18)14-6-5-13(22-14)11-3-2-4-12(9-11)17-10-15-20-7-8-21-15/h2-6,9,15,17H,7-8,10H2,1H3. The first kappa shape index (κ1) is 15.0. The van der Waals surface area contributed by atoms with Gasteiger partial charge in [0.2, 0.25) is 0 Å². The van der Waals surface area contributed by atoms with Crippen molar-refractivity contribution in [2.45, 2.75) is 6.29 Å². The Morgan fingerprint density at radius 3 is 2.91 bits per heavy atom. The maximum absolute atomic E-state index is 11.5. The van der Waals surface area contributed by atoms with Crippen LogP contribution in [-0.2, 0) is 14.2 Å². The number of nitrogens with one attached hydrogen (secondary N) is 1. The Morgan fingerprint density at radius 1 is 1.32 bits per heavy atom. The van der Waals surface area contributed by atoms with Crippen molar-refractivity contribution in [1.82, 2.24) is 0 Å². The van der Waals surface area contributed by atoms with Crippen molar-refractivity contribution >= 4 is 23.0 Å². The minimum atomic E-state index is -0.305. The van der Waals surface area contributed by atoms with Crippen LogP contribution in [0, 0.1) is 0 Å². The van der Waals surface area contributed by atoms with Gasteiger partial charge in [-0.05, 0) is 29.8 Å². The lowest BCUT2D eigenvalue weighted by Crippen LogP contribution is -2.20. The molecular weight excluding hydrogens is 302 g/mol. The van der Waals surface area contributed by atoms with Gasteiger partial charge in [-0.2, -0.15) is 0 Å². The fourth-order valence-corrected chi connectivity index (χ4v) is 3.13. The van der Waals surface area contributed by atoms with E-state index in [9.17, 15) is 4.79 Å². The molecule has 6 heteroatoms. The van der Waals surface area contributed by atoms with Crippen LogP contribution in [0.15, 0.2) is 36.4 Å². The van der Waals surface area contributed by atoms with Crippen LogP contribution in [0.1, 0.15) is 9.67 Å². The molecule has 116 valence electrons. The molecule has 0 bridgehead atoms. The molecule has 22 heavy (non-hydrogen) atoms. The minimum absolute atomic E-state index is 0.184. The van der Waals surface area contributed by atoms with Gasteiger partial charge < -0.3 is 19.5 Å².